The van der Waals surface area contributed by atoms with Crippen LogP contribution in [0.25, 0.3) is 0 Å². The first-order valence-corrected chi connectivity index (χ1v) is 6.01. The van der Waals surface area contributed by atoms with Crippen molar-refractivity contribution in [3.63, 3.8) is 0 Å². The van der Waals surface area contributed by atoms with E-state index >= 15 is 0 Å². The molecule has 3 rings (SSSR count). The largest absolute Gasteiger partial charge is 0.297 e. The van der Waals surface area contributed by atoms with Crippen LogP contribution in [-0.4, -0.2) is 6.04 Å². The number of hydrogen-bond donors (Lipinski definition) is 1. The van der Waals surface area contributed by atoms with Gasteiger partial charge in [0.2, 0.25) is 0 Å². The van der Waals surface area contributed by atoms with Crippen LogP contribution in [0.5, 0.6) is 0 Å². The van der Waals surface area contributed by atoms with Crippen LogP contribution in [0.1, 0.15) is 18.4 Å². The molecular formula is C14H17NO. The van der Waals surface area contributed by atoms with Crippen LogP contribution < -0.4 is 5.48 Å². The van der Waals surface area contributed by atoms with Crippen LogP contribution in [0.3, 0.4) is 0 Å². The number of benzene rings is 1. The van der Waals surface area contributed by atoms with Crippen LogP contribution in [-0.2, 0) is 11.4 Å². The van der Waals surface area contributed by atoms with Crippen LogP contribution >= 0.6 is 0 Å². The summed E-state index contributed by atoms with van der Waals surface area (Å²) in [5, 5.41) is 0. The highest BCUT2D eigenvalue weighted by atomic mass is 16.6. The summed E-state index contributed by atoms with van der Waals surface area (Å²) in [5.41, 5.74) is 4.40. The van der Waals surface area contributed by atoms with Crippen molar-refractivity contribution in [1.29, 1.82) is 0 Å². The Morgan fingerprint density at radius 3 is 2.94 bits per heavy atom. The zero-order valence-corrected chi connectivity index (χ0v) is 9.30. The number of hydrogen-bond acceptors (Lipinski definition) is 2. The molecular weight excluding hydrogens is 198 g/mol. The highest BCUT2D eigenvalue weighted by Crippen LogP contribution is 2.42. The van der Waals surface area contributed by atoms with Gasteiger partial charge in [0.05, 0.1) is 6.61 Å². The molecule has 3 atom stereocenters. The molecule has 0 aliphatic heterocycles. The van der Waals surface area contributed by atoms with Gasteiger partial charge >= 0.3 is 0 Å². The van der Waals surface area contributed by atoms with Crippen molar-refractivity contribution in [2.24, 2.45) is 11.8 Å². The van der Waals surface area contributed by atoms with Gasteiger partial charge in [-0.1, -0.05) is 42.5 Å². The second kappa shape index (κ2) is 4.40. The zero-order valence-electron chi connectivity index (χ0n) is 9.30. The number of rotatable bonds is 4. The molecule has 2 nitrogen and oxygen atoms in total. The summed E-state index contributed by atoms with van der Waals surface area (Å²) in [6.07, 6.45) is 7.15. The van der Waals surface area contributed by atoms with Gasteiger partial charge in [0, 0.05) is 6.04 Å². The molecule has 1 aromatic carbocycles. The van der Waals surface area contributed by atoms with E-state index in [2.05, 4.69) is 29.8 Å². The minimum atomic E-state index is 0.535. The van der Waals surface area contributed by atoms with Gasteiger partial charge in [0.1, 0.15) is 0 Å². The summed E-state index contributed by atoms with van der Waals surface area (Å²) in [7, 11) is 0. The second-order valence-electron chi connectivity index (χ2n) is 4.74. The number of fused-ring (bicyclic) bond motifs is 1. The van der Waals surface area contributed by atoms with E-state index in [-0.39, 0.29) is 0 Å². The van der Waals surface area contributed by atoms with Crippen molar-refractivity contribution < 1.29 is 4.84 Å². The Morgan fingerprint density at radius 2 is 2.12 bits per heavy atom. The van der Waals surface area contributed by atoms with Gasteiger partial charge in [-0.3, -0.25) is 4.84 Å². The number of allylic oxidation sites excluding steroid dienone is 1. The summed E-state index contributed by atoms with van der Waals surface area (Å²) < 4.78 is 0. The molecule has 1 aromatic rings. The Hall–Kier alpha value is -1.12. The Bertz CT molecular complexity index is 374. The number of hydroxylamine groups is 1. The quantitative estimate of drug-likeness (QED) is 0.616. The van der Waals surface area contributed by atoms with Crippen molar-refractivity contribution in [2.45, 2.75) is 25.5 Å². The smallest absolute Gasteiger partial charge is 0.0933 e. The lowest BCUT2D eigenvalue weighted by Gasteiger charge is -2.40. The Balaban J connectivity index is 1.43. The normalized spacial score (nSPS) is 31.1. The first-order chi connectivity index (χ1) is 7.93. The molecule has 2 heteroatoms. The molecule has 0 bridgehead atoms. The van der Waals surface area contributed by atoms with Crippen molar-refractivity contribution in [2.75, 3.05) is 0 Å². The highest BCUT2D eigenvalue weighted by Gasteiger charge is 2.41. The Kier molecular flexibility index (Phi) is 2.77. The van der Waals surface area contributed by atoms with Gasteiger partial charge in [-0.05, 0) is 30.2 Å². The lowest BCUT2D eigenvalue weighted by atomic mass is 9.72. The van der Waals surface area contributed by atoms with Gasteiger partial charge in [-0.2, -0.15) is 5.48 Å². The third-order valence-electron chi connectivity index (χ3n) is 3.68. The molecule has 0 heterocycles. The van der Waals surface area contributed by atoms with Gasteiger partial charge in [0.15, 0.2) is 0 Å². The molecule has 1 N–H and O–H groups in total. The summed E-state index contributed by atoms with van der Waals surface area (Å²) in [6, 6.07) is 10.8. The molecule has 0 saturated heterocycles. The molecule has 0 spiro atoms. The van der Waals surface area contributed by atoms with Gasteiger partial charge in [0.25, 0.3) is 0 Å². The minimum absolute atomic E-state index is 0.535. The van der Waals surface area contributed by atoms with Crippen molar-refractivity contribution in [1.82, 2.24) is 5.48 Å². The van der Waals surface area contributed by atoms with E-state index < -0.39 is 0 Å². The SMILES string of the molecule is C1=CC2C(C1)CC2NOCc1ccccc1. The third-order valence-corrected chi connectivity index (χ3v) is 3.68. The first-order valence-electron chi connectivity index (χ1n) is 6.01. The maximum absolute atomic E-state index is 5.55. The van der Waals surface area contributed by atoms with E-state index in [1.54, 1.807) is 0 Å². The first kappa shape index (κ1) is 10.1. The lowest BCUT2D eigenvalue weighted by molar-refractivity contribution is -0.0442. The van der Waals surface area contributed by atoms with E-state index in [0.717, 1.165) is 11.8 Å². The monoisotopic (exact) mass is 215 g/mol. The van der Waals surface area contributed by atoms with E-state index in [1.807, 2.05) is 18.2 Å². The van der Waals surface area contributed by atoms with Crippen LogP contribution in [0.4, 0.5) is 0 Å². The summed E-state index contributed by atoms with van der Waals surface area (Å²) in [6.45, 7) is 0.651. The summed E-state index contributed by atoms with van der Waals surface area (Å²) in [4.78, 5) is 5.55. The summed E-state index contributed by atoms with van der Waals surface area (Å²) >= 11 is 0. The van der Waals surface area contributed by atoms with Gasteiger partial charge < -0.3 is 0 Å². The van der Waals surface area contributed by atoms with Crippen LogP contribution in [0, 0.1) is 11.8 Å². The van der Waals surface area contributed by atoms with Crippen molar-refractivity contribution in [3.8, 4) is 0 Å². The fourth-order valence-corrected chi connectivity index (χ4v) is 2.66. The zero-order chi connectivity index (χ0) is 10.8. The van der Waals surface area contributed by atoms with Crippen molar-refractivity contribution >= 4 is 0 Å². The average molecular weight is 215 g/mol. The van der Waals surface area contributed by atoms with E-state index in [9.17, 15) is 0 Å². The van der Waals surface area contributed by atoms with Crippen LogP contribution in [0.15, 0.2) is 42.5 Å². The van der Waals surface area contributed by atoms with Crippen molar-refractivity contribution in [3.05, 3.63) is 48.0 Å². The molecule has 0 radical (unpaired) electrons. The maximum Gasteiger partial charge on any atom is 0.0933 e. The van der Waals surface area contributed by atoms with Gasteiger partial charge in [-0.25, -0.2) is 0 Å². The third kappa shape index (κ3) is 1.91. The Morgan fingerprint density at radius 1 is 1.25 bits per heavy atom. The maximum atomic E-state index is 5.55. The van der Waals surface area contributed by atoms with Gasteiger partial charge in [-0.15, -0.1) is 0 Å². The molecule has 2 aliphatic rings. The topological polar surface area (TPSA) is 21.3 Å². The number of nitrogens with one attached hydrogen (secondary N) is 1. The fourth-order valence-electron chi connectivity index (χ4n) is 2.66. The molecule has 16 heavy (non-hydrogen) atoms. The lowest BCUT2D eigenvalue weighted by Crippen LogP contribution is -2.47. The molecule has 84 valence electrons. The highest BCUT2D eigenvalue weighted by molar-refractivity contribution is 5.14. The summed E-state index contributed by atoms with van der Waals surface area (Å²) in [5.74, 6) is 1.61. The predicted molar refractivity (Wildman–Crippen MR) is 63.5 cm³/mol. The molecule has 2 aliphatic carbocycles. The molecule has 0 aromatic heterocycles. The second-order valence-corrected chi connectivity index (χ2v) is 4.74. The van der Waals surface area contributed by atoms with E-state index in [1.165, 1.54) is 18.4 Å². The standard InChI is InChI=1S/C14H17NO/c1-2-5-11(6-3-1)10-16-15-14-9-12-7-4-8-13(12)14/h1-6,8,12-15H,7,9-10H2. The molecule has 0 amide bonds. The van der Waals surface area contributed by atoms with Crippen LogP contribution in [0.2, 0.25) is 0 Å². The molecule has 1 saturated carbocycles. The molecule has 1 fully saturated rings. The Labute approximate surface area is 96.3 Å². The minimum Gasteiger partial charge on any atom is -0.297 e. The fraction of sp³-hybridized carbons (Fsp3) is 0.429. The molecule has 3 unspecified atom stereocenters. The predicted octanol–water partition coefficient (Wildman–Crippen LogP) is 2.67. The van der Waals surface area contributed by atoms with E-state index in [4.69, 9.17) is 4.84 Å². The average Bonchev–Trinajstić information content (AvgIpc) is 2.67. The van der Waals surface area contributed by atoms with E-state index in [0.29, 0.717) is 12.6 Å².